The van der Waals surface area contributed by atoms with Gasteiger partial charge in [0, 0.05) is 30.8 Å². The number of hydrogen-bond acceptors (Lipinski definition) is 9. The zero-order valence-corrected chi connectivity index (χ0v) is 17.4. The van der Waals surface area contributed by atoms with Crippen LogP contribution in [0.1, 0.15) is 23.2 Å². The molecular formula is C20H23N7O6. The Hall–Kier alpha value is -4.29. The third-order valence-corrected chi connectivity index (χ3v) is 5.65. The first-order chi connectivity index (χ1) is 15.7. The van der Waals surface area contributed by atoms with Gasteiger partial charge < -0.3 is 36.4 Å². The van der Waals surface area contributed by atoms with Gasteiger partial charge in [0.15, 0.2) is 5.82 Å². The van der Waals surface area contributed by atoms with E-state index in [2.05, 4.69) is 20.6 Å². The molecule has 3 heterocycles. The number of carboxylic acid groups (broad SMARTS) is 2. The van der Waals surface area contributed by atoms with E-state index in [-0.39, 0.29) is 36.0 Å². The molecule has 7 N–H and O–H groups in total. The topological polar surface area (TPSA) is 194 Å². The van der Waals surface area contributed by atoms with Crippen molar-refractivity contribution < 1.29 is 24.6 Å². The minimum atomic E-state index is -1.30. The van der Waals surface area contributed by atoms with E-state index in [0.29, 0.717) is 31.3 Å². The Morgan fingerprint density at radius 3 is 2.64 bits per heavy atom. The number of aliphatic carboxylic acids is 2. The molecule has 13 heteroatoms. The molecule has 2 aliphatic heterocycles. The van der Waals surface area contributed by atoms with Gasteiger partial charge in [-0.25, -0.2) is 4.79 Å². The molecule has 0 unspecified atom stereocenters. The summed E-state index contributed by atoms with van der Waals surface area (Å²) in [5.41, 5.74) is 6.81. The first-order valence-corrected chi connectivity index (χ1v) is 10.2. The van der Waals surface area contributed by atoms with Crippen molar-refractivity contribution in [2.75, 3.05) is 40.6 Å². The molecule has 4 rings (SSSR count). The maximum absolute atomic E-state index is 12.4. The Morgan fingerprint density at radius 1 is 1.24 bits per heavy atom. The minimum Gasteiger partial charge on any atom is -0.481 e. The summed E-state index contributed by atoms with van der Waals surface area (Å²) >= 11 is 0. The number of rotatable bonds is 7. The van der Waals surface area contributed by atoms with Crippen LogP contribution in [-0.2, 0) is 9.59 Å². The molecule has 13 nitrogen and oxygen atoms in total. The van der Waals surface area contributed by atoms with E-state index >= 15 is 0 Å². The van der Waals surface area contributed by atoms with Gasteiger partial charge in [-0.15, -0.1) is 0 Å². The molecule has 0 saturated carbocycles. The fourth-order valence-corrected chi connectivity index (χ4v) is 4.00. The normalized spacial score (nSPS) is 17.5. The minimum absolute atomic E-state index is 0.0394. The van der Waals surface area contributed by atoms with Gasteiger partial charge in [0.2, 0.25) is 5.95 Å². The van der Waals surface area contributed by atoms with Crippen molar-refractivity contribution >= 4 is 41.0 Å². The van der Waals surface area contributed by atoms with Crippen molar-refractivity contribution in [2.24, 2.45) is 0 Å². The van der Waals surface area contributed by atoms with Crippen LogP contribution in [0.15, 0.2) is 29.1 Å². The zero-order chi connectivity index (χ0) is 23.7. The molecule has 33 heavy (non-hydrogen) atoms. The summed E-state index contributed by atoms with van der Waals surface area (Å²) in [6, 6.07) is 5.35. The summed E-state index contributed by atoms with van der Waals surface area (Å²) < 4.78 is 0. The van der Waals surface area contributed by atoms with E-state index in [1.807, 2.05) is 9.80 Å². The van der Waals surface area contributed by atoms with Crippen molar-refractivity contribution in [2.45, 2.75) is 24.9 Å². The van der Waals surface area contributed by atoms with Crippen LogP contribution >= 0.6 is 0 Å². The molecule has 2 aliphatic rings. The van der Waals surface area contributed by atoms with Gasteiger partial charge in [0.25, 0.3) is 11.5 Å². The van der Waals surface area contributed by atoms with E-state index in [0.717, 1.165) is 5.69 Å². The molecule has 0 radical (unpaired) electrons. The number of carbonyl (C=O) groups is 3. The van der Waals surface area contributed by atoms with Crippen molar-refractivity contribution in [3.63, 3.8) is 0 Å². The van der Waals surface area contributed by atoms with Crippen molar-refractivity contribution in [3.05, 3.63) is 40.2 Å². The van der Waals surface area contributed by atoms with Gasteiger partial charge in [-0.2, -0.15) is 4.98 Å². The number of nitrogen functional groups attached to an aromatic ring is 1. The molecule has 0 aliphatic carbocycles. The number of nitrogens with zero attached hydrogens (tertiary/aromatic N) is 3. The van der Waals surface area contributed by atoms with Crippen LogP contribution in [0, 0.1) is 0 Å². The average molecular weight is 457 g/mol. The number of benzene rings is 1. The summed E-state index contributed by atoms with van der Waals surface area (Å²) in [6.07, 6.45) is -0.583. The maximum Gasteiger partial charge on any atom is 0.326 e. The van der Waals surface area contributed by atoms with Crippen LogP contribution in [0.5, 0.6) is 0 Å². The number of carboxylic acids is 2. The average Bonchev–Trinajstić information content (AvgIpc) is 3.20. The number of hydrogen-bond donors (Lipinski definition) is 6. The summed E-state index contributed by atoms with van der Waals surface area (Å²) in [6.45, 7) is 1.67. The fraction of sp³-hybridized carbons (Fsp3) is 0.350. The smallest absolute Gasteiger partial charge is 0.326 e. The third-order valence-electron chi connectivity index (χ3n) is 5.65. The lowest BCUT2D eigenvalue weighted by Crippen LogP contribution is -2.44. The quantitative estimate of drug-likeness (QED) is 0.313. The molecule has 2 aromatic rings. The van der Waals surface area contributed by atoms with E-state index in [1.165, 1.54) is 0 Å². The third kappa shape index (κ3) is 4.51. The number of H-pyrrole nitrogens is 1. The predicted molar refractivity (Wildman–Crippen MR) is 118 cm³/mol. The van der Waals surface area contributed by atoms with E-state index < -0.39 is 23.9 Å². The highest BCUT2D eigenvalue weighted by atomic mass is 16.4. The van der Waals surface area contributed by atoms with Gasteiger partial charge in [0.05, 0.1) is 12.7 Å². The number of aromatic amines is 1. The molecule has 1 aromatic carbocycles. The highest BCUT2D eigenvalue weighted by Gasteiger charge is 2.37. The molecule has 0 spiro atoms. The van der Waals surface area contributed by atoms with Crippen LogP contribution in [-0.4, -0.2) is 69.9 Å². The van der Waals surface area contributed by atoms with Crippen LogP contribution in [0.4, 0.5) is 23.1 Å². The second-order valence-electron chi connectivity index (χ2n) is 7.86. The monoisotopic (exact) mass is 457 g/mol. The number of amides is 1. The lowest BCUT2D eigenvalue weighted by Gasteiger charge is -2.31. The predicted octanol–water partition coefficient (Wildman–Crippen LogP) is -0.522. The number of anilines is 4. The van der Waals surface area contributed by atoms with E-state index in [1.54, 1.807) is 24.3 Å². The zero-order valence-electron chi connectivity index (χ0n) is 17.4. The second kappa shape index (κ2) is 8.68. The van der Waals surface area contributed by atoms with E-state index in [4.69, 9.17) is 10.8 Å². The summed E-state index contributed by atoms with van der Waals surface area (Å²) in [5.74, 6) is -2.55. The molecular weight excluding hydrogens is 434 g/mol. The molecule has 2 atom stereocenters. The number of carbonyl (C=O) groups excluding carboxylic acids is 1. The van der Waals surface area contributed by atoms with Crippen LogP contribution in [0.2, 0.25) is 0 Å². The lowest BCUT2D eigenvalue weighted by atomic mass is 10.1. The Kier molecular flexibility index (Phi) is 5.77. The number of fused-ring (bicyclic) bond motifs is 3. The molecule has 174 valence electrons. The highest BCUT2D eigenvalue weighted by Crippen LogP contribution is 2.32. The SMILES string of the molecule is Nc1nc2c(c(=O)[nH]1)N1CN(c3ccc(C(=O)N[C@H](CCC(=O)O)C(=O)O)cc3)C[C@@H]1CN2. The molecule has 1 amide bonds. The van der Waals surface area contributed by atoms with Crippen molar-refractivity contribution in [1.82, 2.24) is 15.3 Å². The van der Waals surface area contributed by atoms with Crippen molar-refractivity contribution in [3.8, 4) is 0 Å². The Labute approximate surface area is 187 Å². The van der Waals surface area contributed by atoms with Gasteiger partial charge in [-0.1, -0.05) is 0 Å². The Balaban J connectivity index is 1.45. The number of aromatic nitrogens is 2. The standard InChI is InChI=1S/C20H23N7O6/c21-20-24-16-15(18(31)25-20)27-9-26(8-12(27)7-22-16)11-3-1-10(2-4-11)17(30)23-13(19(32)33)5-6-14(28)29/h1-4,12-13H,5-9H2,(H,23,30)(H,28,29)(H,32,33)(H4,21,22,24,25,31)/t12-,13+/m0/s1. The molecule has 1 fully saturated rings. The van der Waals surface area contributed by atoms with Gasteiger partial charge in [-0.3, -0.25) is 19.4 Å². The van der Waals surface area contributed by atoms with Crippen LogP contribution in [0.25, 0.3) is 0 Å². The first kappa shape index (κ1) is 21.9. The van der Waals surface area contributed by atoms with Crippen LogP contribution < -0.4 is 31.7 Å². The number of nitrogens with one attached hydrogen (secondary N) is 3. The second-order valence-corrected chi connectivity index (χ2v) is 7.86. The molecule has 0 bridgehead atoms. The van der Waals surface area contributed by atoms with Gasteiger partial charge >= 0.3 is 11.9 Å². The van der Waals surface area contributed by atoms with Crippen LogP contribution in [0.3, 0.4) is 0 Å². The maximum atomic E-state index is 12.4. The van der Waals surface area contributed by atoms with Gasteiger partial charge in [-0.05, 0) is 30.7 Å². The summed E-state index contributed by atoms with van der Waals surface area (Å²) in [7, 11) is 0. The fourth-order valence-electron chi connectivity index (χ4n) is 4.00. The first-order valence-electron chi connectivity index (χ1n) is 10.2. The summed E-state index contributed by atoms with van der Waals surface area (Å²) in [5, 5.41) is 23.4. The summed E-state index contributed by atoms with van der Waals surface area (Å²) in [4.78, 5) is 57.5. The van der Waals surface area contributed by atoms with E-state index in [9.17, 15) is 24.3 Å². The largest absolute Gasteiger partial charge is 0.481 e. The number of nitrogens with two attached hydrogens (primary N) is 1. The highest BCUT2D eigenvalue weighted by molar-refractivity contribution is 5.97. The van der Waals surface area contributed by atoms with Crippen molar-refractivity contribution in [1.29, 1.82) is 0 Å². The molecule has 1 aromatic heterocycles. The molecule has 1 saturated heterocycles. The lowest BCUT2D eigenvalue weighted by molar-refractivity contribution is -0.140. The Morgan fingerprint density at radius 2 is 1.97 bits per heavy atom. The van der Waals surface area contributed by atoms with Gasteiger partial charge in [0.1, 0.15) is 11.7 Å². The Bertz CT molecular complexity index is 1150.